The summed E-state index contributed by atoms with van der Waals surface area (Å²) in [7, 11) is 3.95. The zero-order valence-electron chi connectivity index (χ0n) is 17.1. The summed E-state index contributed by atoms with van der Waals surface area (Å²) in [6.07, 6.45) is 4.87. The Morgan fingerprint density at radius 1 is 1.30 bits per heavy atom. The third kappa shape index (κ3) is 3.05. The summed E-state index contributed by atoms with van der Waals surface area (Å²) in [5.74, 6) is 0.161. The van der Waals surface area contributed by atoms with E-state index >= 15 is 0 Å². The van der Waals surface area contributed by atoms with Crippen LogP contribution in [0.25, 0.3) is 33.2 Å². The van der Waals surface area contributed by atoms with Gasteiger partial charge in [-0.25, -0.2) is 9.97 Å². The summed E-state index contributed by atoms with van der Waals surface area (Å²) in [4.78, 5) is 11.5. The number of fused-ring (bicyclic) bond motifs is 2. The van der Waals surface area contributed by atoms with Crippen molar-refractivity contribution < 1.29 is 5.11 Å². The van der Waals surface area contributed by atoms with Gasteiger partial charge in [0.05, 0.1) is 28.1 Å². The number of aromatic nitrogens is 4. The number of nitrogens with zero attached hydrogens (tertiary/aromatic N) is 5. The molecular formula is C22H23ClN6O. The number of pyridine rings is 2. The van der Waals surface area contributed by atoms with Crippen molar-refractivity contribution >= 4 is 39.2 Å². The Morgan fingerprint density at radius 2 is 2.13 bits per heavy atom. The molecule has 1 saturated heterocycles. The zero-order valence-corrected chi connectivity index (χ0v) is 17.9. The molecule has 2 N–H and O–H groups in total. The molecule has 1 fully saturated rings. The zero-order chi connectivity index (χ0) is 21.0. The van der Waals surface area contributed by atoms with Crippen LogP contribution in [0.3, 0.4) is 0 Å². The molecule has 4 aromatic rings. The highest BCUT2D eigenvalue weighted by molar-refractivity contribution is 6.35. The van der Waals surface area contributed by atoms with Gasteiger partial charge in [-0.15, -0.1) is 0 Å². The first-order valence-corrected chi connectivity index (χ1v) is 10.4. The molecule has 5 rings (SSSR count). The number of aromatic hydroxyl groups is 1. The predicted molar refractivity (Wildman–Crippen MR) is 120 cm³/mol. The molecule has 8 heteroatoms. The Morgan fingerprint density at radius 3 is 2.90 bits per heavy atom. The monoisotopic (exact) mass is 422 g/mol. The van der Waals surface area contributed by atoms with E-state index in [2.05, 4.69) is 27.3 Å². The standard InChI is InChI=1S/C22H23ClN6O/c1-12-20-13(11-28(2)27-20)6-17(21(12)30)19-8-18(23)16-7-15(10-25-22(16)26-19)29(3)14-4-5-24-9-14/h6-8,10-11,14,24,30H,4-5,9H2,1-3H3/t14-/m0/s1. The van der Waals surface area contributed by atoms with Gasteiger partial charge in [-0.05, 0) is 38.1 Å². The lowest BCUT2D eigenvalue weighted by Crippen LogP contribution is -2.33. The van der Waals surface area contributed by atoms with Gasteiger partial charge in [-0.2, -0.15) is 5.10 Å². The molecular weight excluding hydrogens is 400 g/mol. The second-order valence-corrected chi connectivity index (χ2v) is 8.36. The van der Waals surface area contributed by atoms with Crippen LogP contribution in [-0.2, 0) is 7.05 Å². The Bertz CT molecular complexity index is 1280. The molecule has 154 valence electrons. The Kier molecular flexibility index (Phi) is 4.52. The predicted octanol–water partition coefficient (Wildman–Crippen LogP) is 3.65. The second-order valence-electron chi connectivity index (χ2n) is 7.95. The van der Waals surface area contributed by atoms with E-state index in [0.717, 1.165) is 47.1 Å². The smallest absolute Gasteiger partial charge is 0.161 e. The fourth-order valence-corrected chi connectivity index (χ4v) is 4.45. The van der Waals surface area contributed by atoms with E-state index in [9.17, 15) is 5.11 Å². The lowest BCUT2D eigenvalue weighted by molar-refractivity contribution is 0.474. The highest BCUT2D eigenvalue weighted by Gasteiger charge is 2.21. The maximum atomic E-state index is 10.8. The Balaban J connectivity index is 1.61. The number of aryl methyl sites for hydroxylation is 2. The van der Waals surface area contributed by atoms with Crippen LogP contribution < -0.4 is 10.2 Å². The molecule has 0 spiro atoms. The summed E-state index contributed by atoms with van der Waals surface area (Å²) in [6, 6.07) is 6.17. The first kappa shape index (κ1) is 19.1. The van der Waals surface area contributed by atoms with E-state index in [0.29, 0.717) is 28.0 Å². The van der Waals surface area contributed by atoms with Gasteiger partial charge in [0.1, 0.15) is 5.75 Å². The number of phenolic OH excluding ortho intramolecular Hbond substituents is 1. The van der Waals surface area contributed by atoms with Crippen molar-refractivity contribution in [2.24, 2.45) is 7.05 Å². The molecule has 3 aromatic heterocycles. The average molecular weight is 423 g/mol. The molecule has 1 aliphatic rings. The molecule has 1 aromatic carbocycles. The van der Waals surface area contributed by atoms with E-state index in [1.54, 1.807) is 10.7 Å². The lowest BCUT2D eigenvalue weighted by Gasteiger charge is -2.25. The molecule has 0 saturated carbocycles. The fourth-order valence-electron chi connectivity index (χ4n) is 4.20. The van der Waals surface area contributed by atoms with Crippen LogP contribution >= 0.6 is 11.6 Å². The average Bonchev–Trinajstić information content (AvgIpc) is 3.39. The molecule has 0 bridgehead atoms. The number of rotatable bonds is 3. The van der Waals surface area contributed by atoms with Crippen molar-refractivity contribution in [1.29, 1.82) is 0 Å². The van der Waals surface area contributed by atoms with Gasteiger partial charge < -0.3 is 15.3 Å². The number of nitrogens with one attached hydrogen (secondary N) is 1. The number of hydrogen-bond donors (Lipinski definition) is 2. The van der Waals surface area contributed by atoms with Gasteiger partial charge in [0, 0.05) is 54.8 Å². The number of hydrogen-bond acceptors (Lipinski definition) is 6. The number of benzene rings is 1. The first-order chi connectivity index (χ1) is 14.4. The van der Waals surface area contributed by atoms with Crippen molar-refractivity contribution in [2.75, 3.05) is 25.0 Å². The number of likely N-dealkylation sites (N-methyl/N-ethyl adjacent to an activating group) is 1. The molecule has 1 aliphatic heterocycles. The quantitative estimate of drug-likeness (QED) is 0.524. The number of phenols is 1. The van der Waals surface area contributed by atoms with Crippen molar-refractivity contribution in [2.45, 2.75) is 19.4 Å². The molecule has 0 amide bonds. The van der Waals surface area contributed by atoms with Crippen LogP contribution in [0.1, 0.15) is 12.0 Å². The molecule has 0 radical (unpaired) electrons. The highest BCUT2D eigenvalue weighted by Crippen LogP contribution is 2.38. The minimum Gasteiger partial charge on any atom is -0.507 e. The topological polar surface area (TPSA) is 79.1 Å². The van der Waals surface area contributed by atoms with Gasteiger partial charge >= 0.3 is 0 Å². The number of anilines is 1. The maximum absolute atomic E-state index is 10.8. The summed E-state index contributed by atoms with van der Waals surface area (Å²) in [6.45, 7) is 3.86. The first-order valence-electron chi connectivity index (χ1n) is 9.98. The van der Waals surface area contributed by atoms with Crippen LogP contribution in [0.4, 0.5) is 5.69 Å². The summed E-state index contributed by atoms with van der Waals surface area (Å²) in [5.41, 5.74) is 4.28. The molecule has 30 heavy (non-hydrogen) atoms. The minimum absolute atomic E-state index is 0.161. The van der Waals surface area contributed by atoms with Gasteiger partial charge in [-0.1, -0.05) is 11.6 Å². The Labute approximate surface area is 179 Å². The largest absolute Gasteiger partial charge is 0.507 e. The Hall–Kier alpha value is -2.90. The molecule has 7 nitrogen and oxygen atoms in total. The van der Waals surface area contributed by atoms with E-state index in [1.807, 2.05) is 38.5 Å². The highest BCUT2D eigenvalue weighted by atomic mass is 35.5. The van der Waals surface area contributed by atoms with Crippen LogP contribution in [0, 0.1) is 6.92 Å². The molecule has 1 atom stereocenters. The van der Waals surface area contributed by atoms with Crippen LogP contribution in [0.2, 0.25) is 5.02 Å². The normalized spacial score (nSPS) is 16.6. The summed E-state index contributed by atoms with van der Waals surface area (Å²) < 4.78 is 1.74. The van der Waals surface area contributed by atoms with Crippen molar-refractivity contribution in [1.82, 2.24) is 25.1 Å². The molecule has 0 unspecified atom stereocenters. The van der Waals surface area contributed by atoms with E-state index in [-0.39, 0.29) is 5.75 Å². The van der Waals surface area contributed by atoms with Crippen molar-refractivity contribution in [3.05, 3.63) is 41.2 Å². The van der Waals surface area contributed by atoms with Crippen LogP contribution in [-0.4, -0.2) is 51.0 Å². The van der Waals surface area contributed by atoms with Gasteiger partial charge in [0.2, 0.25) is 0 Å². The SMILES string of the molecule is Cc1c(O)c(-c2cc(Cl)c3cc(N(C)[C@H]4CCNC4)cnc3n2)cc2cn(C)nc12. The molecule has 0 aliphatic carbocycles. The summed E-state index contributed by atoms with van der Waals surface area (Å²) >= 11 is 6.65. The van der Waals surface area contributed by atoms with E-state index in [1.165, 1.54) is 0 Å². The third-order valence-electron chi connectivity index (χ3n) is 5.99. The van der Waals surface area contributed by atoms with Gasteiger partial charge in [0.25, 0.3) is 0 Å². The van der Waals surface area contributed by atoms with Gasteiger partial charge in [-0.3, -0.25) is 4.68 Å². The minimum atomic E-state index is 0.161. The van der Waals surface area contributed by atoms with Crippen LogP contribution in [0.5, 0.6) is 5.75 Å². The van der Waals surface area contributed by atoms with Crippen molar-refractivity contribution in [3.63, 3.8) is 0 Å². The third-order valence-corrected chi connectivity index (χ3v) is 6.30. The summed E-state index contributed by atoms with van der Waals surface area (Å²) in [5, 5.41) is 20.9. The van der Waals surface area contributed by atoms with Gasteiger partial charge in [0.15, 0.2) is 5.65 Å². The van der Waals surface area contributed by atoms with E-state index < -0.39 is 0 Å². The molecule has 4 heterocycles. The lowest BCUT2D eigenvalue weighted by atomic mass is 10.0. The van der Waals surface area contributed by atoms with E-state index in [4.69, 9.17) is 16.6 Å². The number of halogens is 1. The maximum Gasteiger partial charge on any atom is 0.161 e. The second kappa shape index (κ2) is 7.11. The van der Waals surface area contributed by atoms with Crippen LogP contribution in [0.15, 0.2) is 30.6 Å². The van der Waals surface area contributed by atoms with Crippen molar-refractivity contribution in [3.8, 4) is 17.0 Å². The fraction of sp³-hybridized carbons (Fsp3) is 0.318.